The summed E-state index contributed by atoms with van der Waals surface area (Å²) >= 11 is 0. The lowest BCUT2D eigenvalue weighted by molar-refractivity contribution is -0.386. The summed E-state index contributed by atoms with van der Waals surface area (Å²) in [7, 11) is 0. The number of hydrogen-bond acceptors (Lipinski definition) is 26. The van der Waals surface area contributed by atoms with Crippen molar-refractivity contribution >= 4 is 23.9 Å². The van der Waals surface area contributed by atoms with Crippen LogP contribution in [0.25, 0.3) is 0 Å². The minimum atomic E-state index is -2.13. The molecular formula is C65H100O27. The average Bonchev–Trinajstić information content (AvgIpc) is 0.736. The van der Waals surface area contributed by atoms with Crippen LogP contribution in [0, 0.1) is 50.2 Å². The number of carbonyl (C=O) groups excluding carboxylic acids is 3. The van der Waals surface area contributed by atoms with Crippen molar-refractivity contribution in [1.29, 1.82) is 0 Å². The number of carbonyl (C=O) groups is 4. The van der Waals surface area contributed by atoms with Crippen molar-refractivity contribution in [3.05, 3.63) is 34.9 Å². The molecule has 9 aliphatic rings. The molecule has 27 nitrogen and oxygen atoms in total. The molecule has 522 valence electrons. The normalized spacial score (nSPS) is 48.4. The van der Waals surface area contributed by atoms with Crippen molar-refractivity contribution in [3.63, 3.8) is 0 Å². The highest BCUT2D eigenvalue weighted by Crippen LogP contribution is 2.76. The second kappa shape index (κ2) is 27.0. The van der Waals surface area contributed by atoms with Gasteiger partial charge in [-0.25, -0.2) is 14.4 Å². The number of carboxylic acid groups (broad SMARTS) is 1. The van der Waals surface area contributed by atoms with Gasteiger partial charge >= 0.3 is 23.9 Å². The van der Waals surface area contributed by atoms with Gasteiger partial charge in [-0.15, -0.1) is 0 Å². The van der Waals surface area contributed by atoms with Crippen molar-refractivity contribution < 1.29 is 133 Å². The molecule has 0 amide bonds. The maximum atomic E-state index is 13.5. The Morgan fingerprint density at radius 1 is 0.587 bits per heavy atom. The summed E-state index contributed by atoms with van der Waals surface area (Å²) in [6.07, 6.45) is -28.8. The predicted molar refractivity (Wildman–Crippen MR) is 316 cm³/mol. The zero-order valence-corrected chi connectivity index (χ0v) is 54.8. The Hall–Kier alpha value is -3.66. The molecule has 8 fully saturated rings. The van der Waals surface area contributed by atoms with E-state index in [2.05, 4.69) is 26.8 Å². The molecule has 4 heterocycles. The highest BCUT2D eigenvalue weighted by atomic mass is 16.8. The lowest BCUT2D eigenvalue weighted by Gasteiger charge is -2.72. The summed E-state index contributed by atoms with van der Waals surface area (Å²) < 4.78 is 67.8. The smallest absolute Gasteiger partial charge is 0.335 e. The van der Waals surface area contributed by atoms with E-state index in [0.29, 0.717) is 32.1 Å². The van der Waals surface area contributed by atoms with Crippen LogP contribution in [0.3, 0.4) is 0 Å². The van der Waals surface area contributed by atoms with Gasteiger partial charge in [0.25, 0.3) is 0 Å². The zero-order valence-electron chi connectivity index (χ0n) is 54.8. The van der Waals surface area contributed by atoms with Gasteiger partial charge in [0.2, 0.25) is 0 Å². The van der Waals surface area contributed by atoms with Gasteiger partial charge in [0, 0.05) is 18.1 Å². The van der Waals surface area contributed by atoms with Gasteiger partial charge in [-0.3, -0.25) is 4.79 Å². The van der Waals surface area contributed by atoms with Crippen LogP contribution >= 0.6 is 0 Å². The number of ether oxygens (including phenoxy) is 11. The molecule has 9 rings (SSSR count). The first-order valence-electron chi connectivity index (χ1n) is 32.3. The highest BCUT2D eigenvalue weighted by molar-refractivity contribution is 5.88. The number of carboxylic acids is 1. The van der Waals surface area contributed by atoms with Gasteiger partial charge in [-0.05, 0) is 124 Å². The van der Waals surface area contributed by atoms with E-state index < -0.39 is 223 Å². The first kappa shape index (κ1) is 72.6. The molecule has 0 aromatic carbocycles. The summed E-state index contributed by atoms with van der Waals surface area (Å²) in [4.78, 5) is 53.0. The molecular weight excluding hydrogens is 1210 g/mol. The molecule has 0 aromatic heterocycles. The van der Waals surface area contributed by atoms with Crippen LogP contribution in [0.5, 0.6) is 0 Å². The lowest BCUT2D eigenvalue weighted by Crippen LogP contribution is -2.73. The summed E-state index contributed by atoms with van der Waals surface area (Å²) in [5.74, 6) is -4.65. The molecule has 4 saturated heterocycles. The molecule has 4 saturated carbocycles. The van der Waals surface area contributed by atoms with Crippen molar-refractivity contribution in [1.82, 2.24) is 0 Å². The summed E-state index contributed by atoms with van der Waals surface area (Å²) in [5, 5.41) is 134. The maximum absolute atomic E-state index is 13.5. The predicted octanol–water partition coefficient (Wildman–Crippen LogP) is 0.715. The zero-order chi connectivity index (χ0) is 68.0. The van der Waals surface area contributed by atoms with Crippen LogP contribution in [-0.4, -0.2) is 246 Å². The standard InChI is InChI=1S/C65H100O27/c1-14-27(3)54(80)87-46-29(5)82-58(45(77)48(46)88-55(81)28(4)15-2)92-51-52(83-30(6)69)65(26-68)32(22-60(51,7)8)31-16-17-36-62(11)20-19-38(61(9,10)35(62)18-21-63(36,12)64(31,13)23-37(65)70)86-59-50(91-57-43(75)41(73)39(71)33(24-66)84-57)47(44(76)49(90-59)53(78)79)89-56-42(74)40(72)34(25-67)85-56/h14-16,29,32-52,56-59,66-68,70-77H,17-26H2,1-13H3,(H,78,79)/b27-14-,28-15-/t29?,32?,33?,34-,35?,36?,37-,38-,39-,40?,41+,42-,43?,44-,45?,46-,47+,48+,49?,50?,51-,52+,56-,57-,58-,59+,62-,63+,64+,65-/m0/s1. The van der Waals surface area contributed by atoms with E-state index in [9.17, 15) is 80.5 Å². The second-order valence-electron chi connectivity index (χ2n) is 29.3. The highest BCUT2D eigenvalue weighted by Gasteiger charge is 2.74. The number of rotatable bonds is 17. The Morgan fingerprint density at radius 3 is 1.70 bits per heavy atom. The summed E-state index contributed by atoms with van der Waals surface area (Å²) in [6, 6.07) is 0. The number of aliphatic hydroxyl groups is 11. The van der Waals surface area contributed by atoms with Crippen LogP contribution in [0.15, 0.2) is 34.9 Å². The quantitative estimate of drug-likeness (QED) is 0.0314. The van der Waals surface area contributed by atoms with E-state index in [1.807, 2.05) is 27.7 Å². The fourth-order valence-electron chi connectivity index (χ4n) is 17.9. The van der Waals surface area contributed by atoms with Crippen LogP contribution in [0.2, 0.25) is 0 Å². The van der Waals surface area contributed by atoms with E-state index in [1.54, 1.807) is 33.8 Å². The maximum Gasteiger partial charge on any atom is 0.335 e. The van der Waals surface area contributed by atoms with Gasteiger partial charge in [-0.1, -0.05) is 72.3 Å². The number of hydrogen-bond donors (Lipinski definition) is 12. The number of fused-ring (bicyclic) bond motifs is 7. The van der Waals surface area contributed by atoms with E-state index in [1.165, 1.54) is 19.9 Å². The molecule has 0 aromatic rings. The third kappa shape index (κ3) is 12.2. The minimum absolute atomic E-state index is 0.0439. The topological polar surface area (TPSA) is 413 Å². The van der Waals surface area contributed by atoms with Crippen molar-refractivity contribution in [2.24, 2.45) is 50.2 Å². The molecule has 92 heavy (non-hydrogen) atoms. The Kier molecular flexibility index (Phi) is 21.3. The third-order valence-corrected chi connectivity index (χ3v) is 23.6. The second-order valence-corrected chi connectivity index (χ2v) is 29.3. The molecule has 12 N–H and O–H groups in total. The molecule has 0 spiro atoms. The number of allylic oxidation sites excluding steroid dienone is 4. The van der Waals surface area contributed by atoms with Gasteiger partial charge in [0.15, 0.2) is 43.5 Å². The van der Waals surface area contributed by atoms with E-state index in [4.69, 9.17) is 52.1 Å². The Morgan fingerprint density at radius 2 is 1.14 bits per heavy atom. The van der Waals surface area contributed by atoms with Crippen LogP contribution in [-0.2, 0) is 71.3 Å². The number of esters is 3. The molecule has 0 radical (unpaired) electrons. The van der Waals surface area contributed by atoms with Gasteiger partial charge in [0.1, 0.15) is 79.4 Å². The third-order valence-electron chi connectivity index (χ3n) is 23.6. The number of aliphatic hydroxyl groups excluding tert-OH is 11. The largest absolute Gasteiger partial charge is 0.479 e. The monoisotopic (exact) mass is 1310 g/mol. The van der Waals surface area contributed by atoms with E-state index in [-0.39, 0.29) is 35.8 Å². The fraction of sp³-hybridized carbons (Fsp3) is 0.846. The Bertz CT molecular complexity index is 2790. The van der Waals surface area contributed by atoms with Crippen LogP contribution in [0.4, 0.5) is 0 Å². The van der Waals surface area contributed by atoms with Gasteiger partial charge in [-0.2, -0.15) is 0 Å². The lowest BCUT2D eigenvalue weighted by atomic mass is 9.33. The van der Waals surface area contributed by atoms with E-state index >= 15 is 0 Å². The molecule has 27 heteroatoms. The first-order chi connectivity index (χ1) is 43.0. The Balaban J connectivity index is 1.01. The Labute approximate surface area is 535 Å². The van der Waals surface area contributed by atoms with Gasteiger partial charge in [0.05, 0.1) is 43.5 Å². The molecule has 5 aliphatic carbocycles. The first-order valence-corrected chi connectivity index (χ1v) is 32.3. The summed E-state index contributed by atoms with van der Waals surface area (Å²) in [5.41, 5.74) is -3.55. The minimum Gasteiger partial charge on any atom is -0.479 e. The van der Waals surface area contributed by atoms with Gasteiger partial charge < -0.3 is 113 Å². The van der Waals surface area contributed by atoms with Crippen molar-refractivity contribution in [2.45, 2.75) is 276 Å². The molecule has 0 bridgehead atoms. The summed E-state index contributed by atoms with van der Waals surface area (Å²) in [6.45, 7) is 21.5. The van der Waals surface area contributed by atoms with Crippen molar-refractivity contribution in [2.75, 3.05) is 19.8 Å². The SMILES string of the molecule is C/C=C(/C)C(=O)O[C@@H]1C(O)[C@H](O[C@H]2[C@@H](OC(C)=O)[C@@]3(CO)C(CC2(C)C)C2=CCC4[C@@]5(C)CC[C@H](O[C@@H]6OC(C(=O)O)[C@@H](O)[C@@H](O[C@@H]7O[C@@H](CO)C(O)[C@@H]7O)C6O[C@@H]6OC(CO)[C@H](O)[C@@H](O)C6O)C(C)(C)C5CC[C@@]4(C)[C@]2(C)C[C@@H]3O)OC(C)[C@@H]1OC(=O)/C(C)=C\C. The molecule has 4 aliphatic heterocycles. The van der Waals surface area contributed by atoms with E-state index in [0.717, 1.165) is 5.57 Å². The number of aliphatic carboxylic acids is 1. The average molecular weight is 1310 g/mol. The fourth-order valence-corrected chi connectivity index (χ4v) is 17.9. The molecule has 10 unspecified atom stereocenters. The van der Waals surface area contributed by atoms with Crippen LogP contribution in [0.1, 0.15) is 135 Å². The van der Waals surface area contributed by atoms with Crippen molar-refractivity contribution in [3.8, 4) is 0 Å². The van der Waals surface area contributed by atoms with Crippen LogP contribution < -0.4 is 0 Å². The molecule has 30 atom stereocenters.